The molecule has 2 heterocycles. The summed E-state index contributed by atoms with van der Waals surface area (Å²) < 4.78 is 1.07. The maximum absolute atomic E-state index is 3.84. The molecule has 0 fully saturated rings. The lowest BCUT2D eigenvalue weighted by Crippen LogP contribution is -1.88. The summed E-state index contributed by atoms with van der Waals surface area (Å²) in [5.41, 5.74) is 14.7. The van der Waals surface area contributed by atoms with Crippen LogP contribution in [0.3, 0.4) is 0 Å². The fourth-order valence-corrected chi connectivity index (χ4v) is 6.48. The average molecular weight is 544 g/mol. The number of hydrogen-bond donors (Lipinski definition) is 2. The summed E-state index contributed by atoms with van der Waals surface area (Å²) in [6.45, 7) is 8.72. The number of H-pyrrole nitrogens is 2. The SMILES string of the molecule is Cc1cc(-c2cc(Br)cc(-c3cc(C)cc4c3[nH]c3c(C)cccc34)c2)c2[nH]c3c(C)cccc3c2c1. The minimum absolute atomic E-state index is 1.07. The van der Waals surface area contributed by atoms with Crippen LogP contribution in [0.2, 0.25) is 0 Å². The first-order chi connectivity index (χ1) is 17.9. The van der Waals surface area contributed by atoms with Gasteiger partial charge in [-0.2, -0.15) is 0 Å². The zero-order valence-corrected chi connectivity index (χ0v) is 23.0. The van der Waals surface area contributed by atoms with Crippen LogP contribution in [0, 0.1) is 27.7 Å². The van der Waals surface area contributed by atoms with E-state index in [-0.39, 0.29) is 0 Å². The van der Waals surface area contributed by atoms with E-state index in [9.17, 15) is 0 Å². The van der Waals surface area contributed by atoms with Crippen molar-refractivity contribution in [2.24, 2.45) is 0 Å². The van der Waals surface area contributed by atoms with Gasteiger partial charge in [-0.25, -0.2) is 0 Å². The quantitative estimate of drug-likeness (QED) is 0.217. The van der Waals surface area contributed by atoms with Gasteiger partial charge in [0, 0.05) is 48.2 Å². The topological polar surface area (TPSA) is 31.6 Å². The van der Waals surface area contributed by atoms with E-state index in [1.54, 1.807) is 0 Å². The van der Waals surface area contributed by atoms with Crippen LogP contribution in [-0.4, -0.2) is 9.97 Å². The Hall–Kier alpha value is -3.82. The number of aromatic nitrogens is 2. The van der Waals surface area contributed by atoms with E-state index in [0.717, 1.165) is 4.47 Å². The number of aryl methyl sites for hydroxylation is 4. The molecule has 2 N–H and O–H groups in total. The molecule has 2 aromatic heterocycles. The summed E-state index contributed by atoms with van der Waals surface area (Å²) in [6.07, 6.45) is 0. The molecule has 0 radical (unpaired) electrons. The van der Waals surface area contributed by atoms with Gasteiger partial charge in [-0.1, -0.05) is 52.3 Å². The lowest BCUT2D eigenvalue weighted by atomic mass is 9.94. The summed E-state index contributed by atoms with van der Waals surface area (Å²) in [6, 6.07) is 29.1. The van der Waals surface area contributed by atoms with E-state index < -0.39 is 0 Å². The van der Waals surface area contributed by atoms with Crippen LogP contribution >= 0.6 is 15.9 Å². The van der Waals surface area contributed by atoms with E-state index in [1.165, 1.54) is 88.1 Å². The molecule has 0 aliphatic rings. The van der Waals surface area contributed by atoms with Crippen LogP contribution in [-0.2, 0) is 0 Å². The monoisotopic (exact) mass is 542 g/mol. The third-order valence-electron chi connectivity index (χ3n) is 7.71. The molecule has 2 nitrogen and oxygen atoms in total. The largest absolute Gasteiger partial charge is 0.354 e. The number of para-hydroxylation sites is 2. The van der Waals surface area contributed by atoms with Gasteiger partial charge >= 0.3 is 0 Å². The number of rotatable bonds is 2. The molecule has 0 amide bonds. The maximum Gasteiger partial charge on any atom is 0.0544 e. The Morgan fingerprint density at radius 1 is 0.486 bits per heavy atom. The van der Waals surface area contributed by atoms with Crippen molar-refractivity contribution in [3.05, 3.63) is 106 Å². The molecule has 37 heavy (non-hydrogen) atoms. The number of hydrogen-bond acceptors (Lipinski definition) is 0. The van der Waals surface area contributed by atoms with Crippen LogP contribution in [0.4, 0.5) is 0 Å². The van der Waals surface area contributed by atoms with Crippen LogP contribution in [0.25, 0.3) is 65.9 Å². The third kappa shape index (κ3) is 3.45. The van der Waals surface area contributed by atoms with Gasteiger partial charge in [0.25, 0.3) is 0 Å². The Morgan fingerprint density at radius 3 is 1.41 bits per heavy atom. The Kier molecular flexibility index (Phi) is 4.90. The summed E-state index contributed by atoms with van der Waals surface area (Å²) in [4.78, 5) is 7.52. The van der Waals surface area contributed by atoms with Crippen molar-refractivity contribution in [3.63, 3.8) is 0 Å². The van der Waals surface area contributed by atoms with Gasteiger partial charge in [-0.15, -0.1) is 0 Å². The second-order valence-corrected chi connectivity index (χ2v) is 11.4. The lowest BCUT2D eigenvalue weighted by Gasteiger charge is -2.12. The molecular formula is C34H27BrN2. The first kappa shape index (κ1) is 22.4. The molecule has 7 aromatic rings. The molecule has 0 aliphatic carbocycles. The molecule has 0 atom stereocenters. The van der Waals surface area contributed by atoms with Crippen molar-refractivity contribution in [2.75, 3.05) is 0 Å². The zero-order chi connectivity index (χ0) is 25.4. The molecule has 5 aromatic carbocycles. The Bertz CT molecular complexity index is 1890. The summed E-state index contributed by atoms with van der Waals surface area (Å²) >= 11 is 3.84. The minimum atomic E-state index is 1.07. The number of aromatic amines is 2. The number of nitrogens with one attached hydrogen (secondary N) is 2. The second-order valence-electron chi connectivity index (χ2n) is 10.4. The number of fused-ring (bicyclic) bond motifs is 6. The first-order valence-electron chi connectivity index (χ1n) is 12.7. The van der Waals surface area contributed by atoms with Crippen molar-refractivity contribution < 1.29 is 0 Å². The number of halogens is 1. The van der Waals surface area contributed by atoms with Gasteiger partial charge in [0.15, 0.2) is 0 Å². The van der Waals surface area contributed by atoms with Crippen molar-refractivity contribution in [2.45, 2.75) is 27.7 Å². The molecular weight excluding hydrogens is 516 g/mol. The van der Waals surface area contributed by atoms with Crippen LogP contribution in [0.15, 0.2) is 83.3 Å². The molecule has 0 saturated carbocycles. The average Bonchev–Trinajstić information content (AvgIpc) is 3.43. The van der Waals surface area contributed by atoms with E-state index >= 15 is 0 Å². The van der Waals surface area contributed by atoms with Gasteiger partial charge in [-0.3, -0.25) is 0 Å². The van der Waals surface area contributed by atoms with Crippen molar-refractivity contribution in [3.8, 4) is 22.3 Å². The molecule has 0 aliphatic heterocycles. The van der Waals surface area contributed by atoms with Crippen LogP contribution in [0.1, 0.15) is 22.3 Å². The molecule has 0 unspecified atom stereocenters. The molecule has 0 saturated heterocycles. The predicted octanol–water partition coefficient (Wildman–Crippen LogP) is 10.3. The van der Waals surface area contributed by atoms with E-state index in [1.807, 2.05) is 0 Å². The van der Waals surface area contributed by atoms with Gasteiger partial charge in [0.05, 0.1) is 11.0 Å². The van der Waals surface area contributed by atoms with Gasteiger partial charge in [0.1, 0.15) is 0 Å². The van der Waals surface area contributed by atoms with E-state index in [2.05, 4.69) is 132 Å². The fourth-order valence-electron chi connectivity index (χ4n) is 5.99. The van der Waals surface area contributed by atoms with Gasteiger partial charge in [-0.05, 0) is 104 Å². The zero-order valence-electron chi connectivity index (χ0n) is 21.4. The second kappa shape index (κ2) is 8.09. The lowest BCUT2D eigenvalue weighted by molar-refractivity contribution is 1.43. The highest BCUT2D eigenvalue weighted by Crippen LogP contribution is 2.40. The summed E-state index contributed by atoms with van der Waals surface area (Å²) in [5.74, 6) is 0. The Balaban J connectivity index is 1.52. The maximum atomic E-state index is 3.84. The molecule has 0 spiro atoms. The highest BCUT2D eigenvalue weighted by Gasteiger charge is 2.16. The third-order valence-corrected chi connectivity index (χ3v) is 8.17. The Morgan fingerprint density at radius 2 is 0.946 bits per heavy atom. The molecule has 180 valence electrons. The van der Waals surface area contributed by atoms with Crippen molar-refractivity contribution >= 4 is 59.5 Å². The van der Waals surface area contributed by atoms with Gasteiger partial charge in [0.2, 0.25) is 0 Å². The molecule has 3 heteroatoms. The highest BCUT2D eigenvalue weighted by molar-refractivity contribution is 9.10. The van der Waals surface area contributed by atoms with Crippen molar-refractivity contribution in [1.82, 2.24) is 9.97 Å². The molecule has 7 rings (SSSR count). The van der Waals surface area contributed by atoms with Crippen LogP contribution in [0.5, 0.6) is 0 Å². The smallest absolute Gasteiger partial charge is 0.0544 e. The van der Waals surface area contributed by atoms with E-state index in [0.29, 0.717) is 0 Å². The first-order valence-corrected chi connectivity index (χ1v) is 13.5. The summed E-state index contributed by atoms with van der Waals surface area (Å²) in [5, 5.41) is 5.12. The van der Waals surface area contributed by atoms with Crippen LogP contribution < -0.4 is 0 Å². The highest BCUT2D eigenvalue weighted by atomic mass is 79.9. The summed E-state index contributed by atoms with van der Waals surface area (Å²) in [7, 11) is 0. The predicted molar refractivity (Wildman–Crippen MR) is 163 cm³/mol. The van der Waals surface area contributed by atoms with Gasteiger partial charge < -0.3 is 9.97 Å². The van der Waals surface area contributed by atoms with E-state index in [4.69, 9.17) is 0 Å². The fraction of sp³-hybridized carbons (Fsp3) is 0.118. The minimum Gasteiger partial charge on any atom is -0.354 e. The standard InChI is InChI=1S/C34H27BrN2/c1-18-11-27(33-29(13-18)25-9-5-7-20(3)31(25)36-33)22-15-23(17-24(35)16-22)28-12-19(2)14-30-26-10-6-8-21(4)32(26)37-34(28)30/h5-17,36-37H,1-4H3. The number of benzene rings is 5. The molecule has 0 bridgehead atoms. The Labute approximate surface area is 224 Å². The normalized spacial score (nSPS) is 11.9. The van der Waals surface area contributed by atoms with Crippen molar-refractivity contribution in [1.29, 1.82) is 0 Å².